The van der Waals surface area contributed by atoms with E-state index < -0.39 is 5.97 Å². The fraction of sp³-hybridized carbons (Fsp3) is 0.556. The number of alkyl halides is 1. The molecular formula is C9H13ClN2O3. The molecule has 15 heavy (non-hydrogen) atoms. The largest absolute Gasteiger partial charge is 0.461 e. The van der Waals surface area contributed by atoms with Gasteiger partial charge in [-0.2, -0.15) is 0 Å². The van der Waals surface area contributed by atoms with Crippen LogP contribution in [0.2, 0.25) is 0 Å². The predicted molar refractivity (Wildman–Crippen MR) is 55.9 cm³/mol. The zero-order valence-electron chi connectivity index (χ0n) is 8.46. The maximum atomic E-state index is 11.4. The van der Waals surface area contributed by atoms with Crippen LogP contribution in [0.3, 0.4) is 0 Å². The molecule has 0 spiro atoms. The number of halogens is 1. The predicted octanol–water partition coefficient (Wildman–Crippen LogP) is 1.60. The molecule has 0 fully saturated rings. The van der Waals surface area contributed by atoms with Gasteiger partial charge in [0.1, 0.15) is 0 Å². The van der Waals surface area contributed by atoms with Crippen LogP contribution in [0.15, 0.2) is 4.52 Å². The number of aromatic nitrogens is 1. The SMILES string of the molecule is CCOC(=O)c1noc(N)c1CCCCl. The average Bonchev–Trinajstić information content (AvgIpc) is 2.57. The van der Waals surface area contributed by atoms with Gasteiger partial charge in [0.05, 0.1) is 12.2 Å². The summed E-state index contributed by atoms with van der Waals surface area (Å²) in [4.78, 5) is 11.4. The first-order valence-electron chi connectivity index (χ1n) is 4.67. The van der Waals surface area contributed by atoms with Crippen LogP contribution in [-0.2, 0) is 11.2 Å². The summed E-state index contributed by atoms with van der Waals surface area (Å²) in [5.74, 6) is 0.137. The quantitative estimate of drug-likeness (QED) is 0.616. The number of esters is 1. The summed E-state index contributed by atoms with van der Waals surface area (Å²) in [6.07, 6.45) is 1.27. The number of carbonyl (C=O) groups excluding carboxylic acids is 1. The van der Waals surface area contributed by atoms with Crippen LogP contribution in [0.5, 0.6) is 0 Å². The van der Waals surface area contributed by atoms with Crippen LogP contribution in [0, 0.1) is 0 Å². The molecule has 0 aromatic carbocycles. The van der Waals surface area contributed by atoms with Crippen molar-refractivity contribution in [3.05, 3.63) is 11.3 Å². The minimum Gasteiger partial charge on any atom is -0.461 e. The molecule has 0 saturated heterocycles. The Labute approximate surface area is 92.5 Å². The number of rotatable bonds is 5. The Bertz CT molecular complexity index is 338. The second kappa shape index (κ2) is 5.60. The first-order chi connectivity index (χ1) is 7.20. The third-order valence-electron chi connectivity index (χ3n) is 1.85. The number of anilines is 1. The molecule has 1 aromatic rings. The van der Waals surface area contributed by atoms with Gasteiger partial charge in [-0.3, -0.25) is 0 Å². The zero-order chi connectivity index (χ0) is 11.3. The standard InChI is InChI=1S/C9H13ClN2O3/c1-2-14-9(13)7-6(4-3-5-10)8(11)15-12-7/h2-5,11H2,1H3. The summed E-state index contributed by atoms with van der Waals surface area (Å²) < 4.78 is 9.56. The van der Waals surface area contributed by atoms with E-state index in [0.717, 1.165) is 0 Å². The van der Waals surface area contributed by atoms with Crippen molar-refractivity contribution < 1.29 is 14.1 Å². The lowest BCUT2D eigenvalue weighted by molar-refractivity contribution is 0.0513. The van der Waals surface area contributed by atoms with Crippen LogP contribution in [-0.4, -0.2) is 23.6 Å². The van der Waals surface area contributed by atoms with E-state index in [-0.39, 0.29) is 11.6 Å². The van der Waals surface area contributed by atoms with Crippen LogP contribution >= 0.6 is 11.6 Å². The normalized spacial score (nSPS) is 10.3. The number of nitrogens with zero attached hydrogens (tertiary/aromatic N) is 1. The molecule has 2 N–H and O–H groups in total. The minimum absolute atomic E-state index is 0.152. The van der Waals surface area contributed by atoms with Gasteiger partial charge in [0.25, 0.3) is 0 Å². The molecule has 0 aliphatic carbocycles. The van der Waals surface area contributed by atoms with Crippen molar-refractivity contribution in [1.29, 1.82) is 0 Å². The van der Waals surface area contributed by atoms with Gasteiger partial charge >= 0.3 is 5.97 Å². The number of ether oxygens (including phenoxy) is 1. The molecule has 84 valence electrons. The molecule has 1 rings (SSSR count). The van der Waals surface area contributed by atoms with Gasteiger partial charge < -0.3 is 15.0 Å². The Morgan fingerprint density at radius 1 is 1.67 bits per heavy atom. The van der Waals surface area contributed by atoms with Crippen LogP contribution in [0.25, 0.3) is 0 Å². The third kappa shape index (κ3) is 2.86. The lowest BCUT2D eigenvalue weighted by atomic mass is 10.1. The van der Waals surface area contributed by atoms with Crippen LogP contribution < -0.4 is 5.73 Å². The third-order valence-corrected chi connectivity index (χ3v) is 2.12. The summed E-state index contributed by atoms with van der Waals surface area (Å²) in [5, 5.41) is 3.57. The first-order valence-corrected chi connectivity index (χ1v) is 5.21. The number of carbonyl (C=O) groups is 1. The van der Waals surface area contributed by atoms with Gasteiger partial charge in [-0.25, -0.2) is 4.79 Å². The van der Waals surface area contributed by atoms with Crippen LogP contribution in [0.1, 0.15) is 29.4 Å². The fourth-order valence-corrected chi connectivity index (χ4v) is 1.30. The van der Waals surface area contributed by atoms with Gasteiger partial charge in [-0.1, -0.05) is 5.16 Å². The average molecular weight is 233 g/mol. The fourth-order valence-electron chi connectivity index (χ4n) is 1.17. The molecule has 0 atom stereocenters. The van der Waals surface area contributed by atoms with E-state index >= 15 is 0 Å². The molecule has 6 heteroatoms. The summed E-state index contributed by atoms with van der Waals surface area (Å²) >= 11 is 5.56. The second-order valence-corrected chi connectivity index (χ2v) is 3.26. The molecule has 0 saturated carbocycles. The Morgan fingerprint density at radius 2 is 2.40 bits per heavy atom. The lowest BCUT2D eigenvalue weighted by Gasteiger charge is -2.00. The Hall–Kier alpha value is -1.23. The van der Waals surface area contributed by atoms with E-state index in [9.17, 15) is 4.79 Å². The van der Waals surface area contributed by atoms with Gasteiger partial charge in [0, 0.05) is 5.88 Å². The Morgan fingerprint density at radius 3 is 3.00 bits per heavy atom. The molecule has 1 heterocycles. The number of nitrogens with two attached hydrogens (primary N) is 1. The highest BCUT2D eigenvalue weighted by Crippen LogP contribution is 2.19. The second-order valence-electron chi connectivity index (χ2n) is 2.89. The molecule has 0 unspecified atom stereocenters. The topological polar surface area (TPSA) is 78.3 Å². The van der Waals surface area contributed by atoms with Gasteiger partial charge in [-0.15, -0.1) is 11.6 Å². The lowest BCUT2D eigenvalue weighted by Crippen LogP contribution is -2.08. The zero-order valence-corrected chi connectivity index (χ0v) is 9.21. The van der Waals surface area contributed by atoms with E-state index in [1.807, 2.05) is 0 Å². The molecule has 5 nitrogen and oxygen atoms in total. The highest BCUT2D eigenvalue weighted by molar-refractivity contribution is 6.17. The van der Waals surface area contributed by atoms with E-state index in [0.29, 0.717) is 30.9 Å². The van der Waals surface area contributed by atoms with E-state index in [1.54, 1.807) is 6.92 Å². The van der Waals surface area contributed by atoms with Crippen molar-refractivity contribution in [3.8, 4) is 0 Å². The Balaban J connectivity index is 2.82. The minimum atomic E-state index is -0.512. The highest BCUT2D eigenvalue weighted by Gasteiger charge is 2.20. The number of hydrogen-bond donors (Lipinski definition) is 1. The van der Waals surface area contributed by atoms with E-state index in [2.05, 4.69) is 5.16 Å². The molecule has 0 radical (unpaired) electrons. The molecule has 0 aliphatic rings. The van der Waals surface area contributed by atoms with Gasteiger partial charge in [0.15, 0.2) is 5.69 Å². The van der Waals surface area contributed by atoms with Crippen molar-refractivity contribution in [1.82, 2.24) is 5.16 Å². The number of nitrogen functional groups attached to an aromatic ring is 1. The smallest absolute Gasteiger partial charge is 0.360 e. The van der Waals surface area contributed by atoms with Crippen molar-refractivity contribution in [2.24, 2.45) is 0 Å². The van der Waals surface area contributed by atoms with Gasteiger partial charge in [-0.05, 0) is 19.8 Å². The molecule has 1 aromatic heterocycles. The molecular weight excluding hydrogens is 220 g/mol. The monoisotopic (exact) mass is 232 g/mol. The van der Waals surface area contributed by atoms with Gasteiger partial charge in [0.2, 0.25) is 5.88 Å². The summed E-state index contributed by atoms with van der Waals surface area (Å²) in [5.41, 5.74) is 6.27. The van der Waals surface area contributed by atoms with E-state index in [4.69, 9.17) is 26.6 Å². The van der Waals surface area contributed by atoms with Crippen molar-refractivity contribution >= 4 is 23.5 Å². The summed E-state index contributed by atoms with van der Waals surface area (Å²) in [6, 6.07) is 0. The Kier molecular flexibility index (Phi) is 4.42. The van der Waals surface area contributed by atoms with Crippen molar-refractivity contribution in [2.75, 3.05) is 18.2 Å². The maximum Gasteiger partial charge on any atom is 0.360 e. The summed E-state index contributed by atoms with van der Waals surface area (Å²) in [6.45, 7) is 2.01. The molecule has 0 bridgehead atoms. The van der Waals surface area contributed by atoms with Crippen molar-refractivity contribution in [2.45, 2.75) is 19.8 Å². The van der Waals surface area contributed by atoms with Crippen molar-refractivity contribution in [3.63, 3.8) is 0 Å². The first kappa shape index (κ1) is 11.8. The number of hydrogen-bond acceptors (Lipinski definition) is 5. The highest BCUT2D eigenvalue weighted by atomic mass is 35.5. The van der Waals surface area contributed by atoms with Crippen LogP contribution in [0.4, 0.5) is 5.88 Å². The molecule has 0 amide bonds. The maximum absolute atomic E-state index is 11.4. The summed E-state index contributed by atoms with van der Waals surface area (Å²) in [7, 11) is 0. The van der Waals surface area contributed by atoms with E-state index in [1.165, 1.54) is 0 Å². The molecule has 0 aliphatic heterocycles.